The molecule has 0 radical (unpaired) electrons. The van der Waals surface area contributed by atoms with Gasteiger partial charge in [-0.05, 0) is 36.8 Å². The van der Waals surface area contributed by atoms with Gasteiger partial charge >= 0.3 is 0 Å². The molecule has 0 saturated carbocycles. The Kier molecular flexibility index (Phi) is 3.27. The van der Waals surface area contributed by atoms with E-state index in [9.17, 15) is 0 Å². The quantitative estimate of drug-likeness (QED) is 0.809. The van der Waals surface area contributed by atoms with E-state index in [0.717, 1.165) is 5.56 Å². The van der Waals surface area contributed by atoms with Crippen molar-refractivity contribution in [2.45, 2.75) is 6.92 Å². The fourth-order valence-electron chi connectivity index (χ4n) is 1.35. The molecule has 0 unspecified atom stereocenters. The summed E-state index contributed by atoms with van der Waals surface area (Å²) in [4.78, 5) is 3.87. The van der Waals surface area contributed by atoms with Gasteiger partial charge in [0.05, 0.1) is 0 Å². The molecule has 3 nitrogen and oxygen atoms in total. The molecule has 2 aromatic rings. The van der Waals surface area contributed by atoms with E-state index < -0.39 is 0 Å². The minimum absolute atomic E-state index is 0.327. The molecular formula is C13H9ClN2O. The van der Waals surface area contributed by atoms with Crippen molar-refractivity contribution in [3.05, 3.63) is 52.8 Å². The van der Waals surface area contributed by atoms with Gasteiger partial charge in [-0.3, -0.25) is 0 Å². The van der Waals surface area contributed by atoms with Crippen LogP contribution in [0.1, 0.15) is 11.3 Å². The molecule has 84 valence electrons. The molecule has 0 N–H and O–H groups in total. The summed E-state index contributed by atoms with van der Waals surface area (Å²) in [6, 6.07) is 10.6. The maximum atomic E-state index is 8.72. The molecule has 0 aliphatic carbocycles. The first kappa shape index (κ1) is 11.4. The van der Waals surface area contributed by atoms with Crippen LogP contribution in [0.25, 0.3) is 0 Å². The molecule has 1 aromatic heterocycles. The SMILES string of the molecule is Cc1cc(Oc2ccnc(C#N)c2)ccc1Cl. The zero-order valence-electron chi connectivity index (χ0n) is 9.14. The fraction of sp³-hybridized carbons (Fsp3) is 0.0769. The number of hydrogen-bond acceptors (Lipinski definition) is 3. The standard InChI is InChI=1S/C13H9ClN2O/c1-9-6-11(2-3-13(9)14)17-12-4-5-16-10(7-12)8-15/h2-7H,1H3. The highest BCUT2D eigenvalue weighted by Gasteiger charge is 2.01. The number of ether oxygens (including phenoxy) is 1. The molecule has 0 fully saturated rings. The van der Waals surface area contributed by atoms with Gasteiger partial charge in [0.25, 0.3) is 0 Å². The van der Waals surface area contributed by atoms with Crippen LogP contribution >= 0.6 is 11.6 Å². The molecule has 0 spiro atoms. The second-order valence-corrected chi connectivity index (χ2v) is 3.91. The number of hydrogen-bond donors (Lipinski definition) is 0. The second-order valence-electron chi connectivity index (χ2n) is 3.50. The first-order chi connectivity index (χ1) is 8.19. The Bertz CT molecular complexity index is 590. The molecular weight excluding hydrogens is 236 g/mol. The topological polar surface area (TPSA) is 45.9 Å². The minimum Gasteiger partial charge on any atom is -0.457 e. The smallest absolute Gasteiger partial charge is 0.144 e. The van der Waals surface area contributed by atoms with E-state index in [1.807, 2.05) is 19.1 Å². The number of nitrogens with zero attached hydrogens (tertiary/aromatic N) is 2. The van der Waals surface area contributed by atoms with E-state index in [1.165, 1.54) is 6.20 Å². The lowest BCUT2D eigenvalue weighted by Crippen LogP contribution is -1.88. The van der Waals surface area contributed by atoms with E-state index in [1.54, 1.807) is 24.3 Å². The zero-order chi connectivity index (χ0) is 12.3. The molecule has 17 heavy (non-hydrogen) atoms. The van der Waals surface area contributed by atoms with Crippen LogP contribution in [-0.4, -0.2) is 4.98 Å². The molecule has 0 atom stereocenters. The van der Waals surface area contributed by atoms with E-state index in [4.69, 9.17) is 21.6 Å². The lowest BCUT2D eigenvalue weighted by Gasteiger charge is -2.07. The number of rotatable bonds is 2. The number of aromatic nitrogens is 1. The highest BCUT2D eigenvalue weighted by Crippen LogP contribution is 2.25. The van der Waals surface area contributed by atoms with E-state index in [0.29, 0.717) is 22.2 Å². The second kappa shape index (κ2) is 4.86. The van der Waals surface area contributed by atoms with Gasteiger partial charge in [0.2, 0.25) is 0 Å². The van der Waals surface area contributed by atoms with Gasteiger partial charge in [0.1, 0.15) is 23.3 Å². The van der Waals surface area contributed by atoms with Crippen LogP contribution in [0.4, 0.5) is 0 Å². The Morgan fingerprint density at radius 1 is 1.24 bits per heavy atom. The number of pyridine rings is 1. The van der Waals surface area contributed by atoms with Gasteiger partial charge in [-0.1, -0.05) is 11.6 Å². The third-order valence-electron chi connectivity index (χ3n) is 2.21. The summed E-state index contributed by atoms with van der Waals surface area (Å²) in [7, 11) is 0. The van der Waals surface area contributed by atoms with Gasteiger partial charge in [-0.15, -0.1) is 0 Å². The number of nitriles is 1. The van der Waals surface area contributed by atoms with Crippen LogP contribution in [0, 0.1) is 18.3 Å². The maximum Gasteiger partial charge on any atom is 0.144 e. The van der Waals surface area contributed by atoms with Crippen molar-refractivity contribution in [2.24, 2.45) is 0 Å². The fourth-order valence-corrected chi connectivity index (χ4v) is 1.47. The lowest BCUT2D eigenvalue weighted by atomic mass is 10.2. The van der Waals surface area contributed by atoms with Crippen molar-refractivity contribution in [1.29, 1.82) is 5.26 Å². The van der Waals surface area contributed by atoms with Crippen molar-refractivity contribution >= 4 is 11.6 Å². The minimum atomic E-state index is 0.327. The Morgan fingerprint density at radius 3 is 2.71 bits per heavy atom. The summed E-state index contributed by atoms with van der Waals surface area (Å²) in [5.74, 6) is 1.26. The lowest BCUT2D eigenvalue weighted by molar-refractivity contribution is 0.481. The first-order valence-corrected chi connectivity index (χ1v) is 5.37. The Hall–Kier alpha value is -2.05. The molecule has 0 aliphatic rings. The monoisotopic (exact) mass is 244 g/mol. The summed E-state index contributed by atoms with van der Waals surface area (Å²) in [6.45, 7) is 1.91. The number of aryl methyl sites for hydroxylation is 1. The van der Waals surface area contributed by atoms with Gasteiger partial charge in [0, 0.05) is 17.3 Å². The molecule has 0 bridgehead atoms. The van der Waals surface area contributed by atoms with Crippen LogP contribution in [-0.2, 0) is 0 Å². The van der Waals surface area contributed by atoms with E-state index >= 15 is 0 Å². The highest BCUT2D eigenvalue weighted by molar-refractivity contribution is 6.31. The van der Waals surface area contributed by atoms with Crippen molar-refractivity contribution in [3.8, 4) is 17.6 Å². The molecule has 4 heteroatoms. The largest absolute Gasteiger partial charge is 0.457 e. The normalized spacial score (nSPS) is 9.71. The van der Waals surface area contributed by atoms with Crippen LogP contribution in [0.5, 0.6) is 11.5 Å². The summed E-state index contributed by atoms with van der Waals surface area (Å²) < 4.78 is 5.61. The van der Waals surface area contributed by atoms with Gasteiger partial charge in [-0.2, -0.15) is 5.26 Å². The van der Waals surface area contributed by atoms with Crippen molar-refractivity contribution in [1.82, 2.24) is 4.98 Å². The summed E-state index contributed by atoms with van der Waals surface area (Å²) in [6.07, 6.45) is 1.54. The van der Waals surface area contributed by atoms with Gasteiger partial charge < -0.3 is 4.74 Å². The highest BCUT2D eigenvalue weighted by atomic mass is 35.5. The summed E-state index contributed by atoms with van der Waals surface area (Å²) in [5, 5.41) is 9.42. The van der Waals surface area contributed by atoms with E-state index in [2.05, 4.69) is 4.98 Å². The van der Waals surface area contributed by atoms with Crippen molar-refractivity contribution < 1.29 is 4.74 Å². The predicted molar refractivity (Wildman–Crippen MR) is 65.2 cm³/mol. The molecule has 1 heterocycles. The van der Waals surface area contributed by atoms with Crippen LogP contribution in [0.3, 0.4) is 0 Å². The summed E-state index contributed by atoms with van der Waals surface area (Å²) >= 11 is 5.92. The maximum absolute atomic E-state index is 8.72. The molecule has 0 saturated heterocycles. The molecule has 1 aromatic carbocycles. The Labute approximate surface area is 104 Å². The Morgan fingerprint density at radius 2 is 2.00 bits per heavy atom. The third-order valence-corrected chi connectivity index (χ3v) is 2.64. The molecule has 0 amide bonds. The summed E-state index contributed by atoms with van der Waals surface area (Å²) in [5.41, 5.74) is 1.27. The first-order valence-electron chi connectivity index (χ1n) is 4.99. The van der Waals surface area contributed by atoms with Gasteiger partial charge in [0.15, 0.2) is 0 Å². The van der Waals surface area contributed by atoms with Crippen molar-refractivity contribution in [3.63, 3.8) is 0 Å². The molecule has 2 rings (SSSR count). The Balaban J connectivity index is 2.25. The van der Waals surface area contributed by atoms with Crippen LogP contribution in [0.15, 0.2) is 36.5 Å². The van der Waals surface area contributed by atoms with E-state index in [-0.39, 0.29) is 0 Å². The average molecular weight is 245 g/mol. The average Bonchev–Trinajstić information content (AvgIpc) is 2.34. The zero-order valence-corrected chi connectivity index (χ0v) is 9.90. The predicted octanol–water partition coefficient (Wildman–Crippen LogP) is 3.71. The van der Waals surface area contributed by atoms with Crippen LogP contribution < -0.4 is 4.74 Å². The van der Waals surface area contributed by atoms with Crippen molar-refractivity contribution in [2.75, 3.05) is 0 Å². The van der Waals surface area contributed by atoms with Crippen LogP contribution in [0.2, 0.25) is 5.02 Å². The number of halogens is 1. The number of benzene rings is 1. The molecule has 0 aliphatic heterocycles. The third kappa shape index (κ3) is 2.74. The van der Waals surface area contributed by atoms with Gasteiger partial charge in [-0.25, -0.2) is 4.98 Å².